The number of halogens is 2. The van der Waals surface area contributed by atoms with Crippen LogP contribution in [0.3, 0.4) is 0 Å². The summed E-state index contributed by atoms with van der Waals surface area (Å²) >= 11 is 6.15. The summed E-state index contributed by atoms with van der Waals surface area (Å²) in [5, 5.41) is 4.01. The molecule has 1 nitrogen and oxygen atoms in total. The van der Waals surface area contributed by atoms with Gasteiger partial charge in [-0.3, -0.25) is 0 Å². The van der Waals surface area contributed by atoms with Crippen LogP contribution in [0.5, 0.6) is 0 Å². The van der Waals surface area contributed by atoms with Gasteiger partial charge in [-0.2, -0.15) is 0 Å². The molecule has 18 heavy (non-hydrogen) atoms. The van der Waals surface area contributed by atoms with E-state index in [0.29, 0.717) is 10.9 Å². The van der Waals surface area contributed by atoms with Crippen molar-refractivity contribution in [3.63, 3.8) is 0 Å². The van der Waals surface area contributed by atoms with Gasteiger partial charge in [0.15, 0.2) is 0 Å². The molecule has 0 aliphatic carbocycles. The van der Waals surface area contributed by atoms with E-state index < -0.39 is 0 Å². The summed E-state index contributed by atoms with van der Waals surface area (Å²) < 4.78 is 13.1. The Morgan fingerprint density at radius 1 is 1.28 bits per heavy atom. The van der Waals surface area contributed by atoms with Crippen LogP contribution >= 0.6 is 11.6 Å². The molecule has 0 heterocycles. The summed E-state index contributed by atoms with van der Waals surface area (Å²) in [6.45, 7) is 11.6. The largest absolute Gasteiger partial charge is 0.311 e. The number of rotatable bonds is 4. The maximum Gasteiger partial charge on any atom is 0.124 e. The Morgan fingerprint density at radius 3 is 2.33 bits per heavy atom. The monoisotopic (exact) mass is 271 g/mol. The van der Waals surface area contributed by atoms with E-state index in [0.717, 1.165) is 12.1 Å². The molecular weight excluding hydrogens is 249 g/mol. The summed E-state index contributed by atoms with van der Waals surface area (Å²) in [5.41, 5.74) is 1.09. The van der Waals surface area contributed by atoms with Crippen LogP contribution in [0, 0.1) is 11.7 Å². The molecule has 1 N–H and O–H groups in total. The lowest BCUT2D eigenvalue weighted by atomic mass is 9.87. The van der Waals surface area contributed by atoms with Gasteiger partial charge < -0.3 is 5.32 Å². The first-order valence-electron chi connectivity index (χ1n) is 6.40. The van der Waals surface area contributed by atoms with Gasteiger partial charge in [0.25, 0.3) is 0 Å². The van der Waals surface area contributed by atoms with E-state index in [1.54, 1.807) is 6.07 Å². The molecule has 0 aromatic heterocycles. The van der Waals surface area contributed by atoms with E-state index in [9.17, 15) is 4.39 Å². The van der Waals surface area contributed by atoms with Crippen LogP contribution in [0.1, 0.15) is 46.1 Å². The zero-order valence-corrected chi connectivity index (χ0v) is 12.6. The number of hydrogen-bond acceptors (Lipinski definition) is 1. The van der Waals surface area contributed by atoms with Gasteiger partial charge in [-0.25, -0.2) is 4.39 Å². The van der Waals surface area contributed by atoms with Crippen molar-refractivity contribution in [1.29, 1.82) is 0 Å². The van der Waals surface area contributed by atoms with Crippen LogP contribution in [-0.2, 0) is 0 Å². The molecule has 0 bridgehead atoms. The Bertz CT molecular complexity index is 396. The summed E-state index contributed by atoms with van der Waals surface area (Å²) in [4.78, 5) is 0. The van der Waals surface area contributed by atoms with Crippen molar-refractivity contribution in [1.82, 2.24) is 5.32 Å². The van der Waals surface area contributed by atoms with Crippen molar-refractivity contribution in [2.75, 3.05) is 6.54 Å². The van der Waals surface area contributed by atoms with Gasteiger partial charge in [0, 0.05) is 23.0 Å². The van der Waals surface area contributed by atoms with Gasteiger partial charge in [0.2, 0.25) is 0 Å². The van der Waals surface area contributed by atoms with Gasteiger partial charge >= 0.3 is 0 Å². The van der Waals surface area contributed by atoms with E-state index in [-0.39, 0.29) is 17.3 Å². The van der Waals surface area contributed by atoms with Crippen LogP contribution in [-0.4, -0.2) is 12.1 Å². The second kappa shape index (κ2) is 6.03. The average Bonchev–Trinajstić information content (AvgIpc) is 2.18. The highest BCUT2D eigenvalue weighted by Gasteiger charge is 2.21. The summed E-state index contributed by atoms with van der Waals surface area (Å²) in [6, 6.07) is 4.67. The highest BCUT2D eigenvalue weighted by molar-refractivity contribution is 6.31. The second-order valence-electron chi connectivity index (χ2n) is 6.15. The van der Waals surface area contributed by atoms with Gasteiger partial charge in [-0.15, -0.1) is 0 Å². The molecule has 1 atom stereocenters. The maximum atomic E-state index is 13.1. The highest BCUT2D eigenvalue weighted by atomic mass is 35.5. The Labute approximate surface area is 115 Å². The van der Waals surface area contributed by atoms with Gasteiger partial charge in [0.1, 0.15) is 5.82 Å². The van der Waals surface area contributed by atoms with E-state index >= 15 is 0 Å². The number of hydrogen-bond donors (Lipinski definition) is 1. The van der Waals surface area contributed by atoms with Gasteiger partial charge in [-0.1, -0.05) is 31.5 Å². The minimum absolute atomic E-state index is 0.0691. The fourth-order valence-corrected chi connectivity index (χ4v) is 2.23. The van der Waals surface area contributed by atoms with Gasteiger partial charge in [-0.05, 0) is 44.4 Å². The minimum atomic E-state index is -0.282. The Hall–Kier alpha value is -0.600. The zero-order valence-electron chi connectivity index (χ0n) is 11.8. The van der Waals surface area contributed by atoms with E-state index in [2.05, 4.69) is 39.9 Å². The number of benzene rings is 1. The van der Waals surface area contributed by atoms with Crippen LogP contribution < -0.4 is 5.32 Å². The Morgan fingerprint density at radius 2 is 1.89 bits per heavy atom. The molecule has 0 spiro atoms. The Kier molecular flexibility index (Phi) is 5.18. The predicted molar refractivity (Wildman–Crippen MR) is 76.7 cm³/mol. The SMILES string of the molecule is CC(C)C(CNC(C)(C)C)c1ccc(F)cc1Cl. The fraction of sp³-hybridized carbons (Fsp3) is 0.600. The standard InChI is InChI=1S/C15H23ClFN/c1-10(2)13(9-18-15(3,4)5)12-7-6-11(17)8-14(12)16/h6-8,10,13,18H,9H2,1-5H3. The molecule has 0 saturated carbocycles. The summed E-state index contributed by atoms with van der Waals surface area (Å²) in [5.74, 6) is 0.454. The topological polar surface area (TPSA) is 12.0 Å². The van der Waals surface area contributed by atoms with Crippen molar-refractivity contribution in [2.45, 2.75) is 46.1 Å². The lowest BCUT2D eigenvalue weighted by Gasteiger charge is -2.28. The highest BCUT2D eigenvalue weighted by Crippen LogP contribution is 2.30. The molecule has 1 rings (SSSR count). The molecule has 0 fully saturated rings. The molecule has 3 heteroatoms. The third-order valence-electron chi connectivity index (χ3n) is 3.02. The first-order valence-corrected chi connectivity index (χ1v) is 6.78. The van der Waals surface area contributed by atoms with Crippen molar-refractivity contribution in [2.24, 2.45) is 5.92 Å². The van der Waals surface area contributed by atoms with E-state index in [1.807, 2.05) is 0 Å². The van der Waals surface area contributed by atoms with Crippen molar-refractivity contribution < 1.29 is 4.39 Å². The predicted octanol–water partition coefficient (Wildman–Crippen LogP) is 4.61. The average molecular weight is 272 g/mol. The second-order valence-corrected chi connectivity index (χ2v) is 6.55. The third kappa shape index (κ3) is 4.58. The lowest BCUT2D eigenvalue weighted by Crippen LogP contribution is -2.39. The van der Waals surface area contributed by atoms with Crippen LogP contribution in [0.2, 0.25) is 5.02 Å². The third-order valence-corrected chi connectivity index (χ3v) is 3.35. The van der Waals surface area contributed by atoms with E-state index in [4.69, 9.17) is 11.6 Å². The van der Waals surface area contributed by atoms with Gasteiger partial charge in [0.05, 0.1) is 0 Å². The normalized spacial score (nSPS) is 14.0. The molecule has 0 aliphatic heterocycles. The molecule has 0 aliphatic rings. The summed E-state index contributed by atoms with van der Waals surface area (Å²) in [7, 11) is 0. The molecule has 0 saturated heterocycles. The minimum Gasteiger partial charge on any atom is -0.311 e. The molecule has 102 valence electrons. The lowest BCUT2D eigenvalue weighted by molar-refractivity contribution is 0.372. The molecule has 1 unspecified atom stereocenters. The van der Waals surface area contributed by atoms with Crippen molar-refractivity contribution in [3.05, 3.63) is 34.6 Å². The van der Waals surface area contributed by atoms with Crippen molar-refractivity contribution in [3.8, 4) is 0 Å². The smallest absolute Gasteiger partial charge is 0.124 e. The molecule has 0 amide bonds. The van der Waals surface area contributed by atoms with Crippen LogP contribution in [0.4, 0.5) is 4.39 Å². The summed E-state index contributed by atoms with van der Waals surface area (Å²) in [6.07, 6.45) is 0. The van der Waals surface area contributed by atoms with E-state index in [1.165, 1.54) is 12.1 Å². The zero-order chi connectivity index (χ0) is 13.9. The maximum absolute atomic E-state index is 13.1. The Balaban J connectivity index is 2.91. The van der Waals surface area contributed by atoms with Crippen LogP contribution in [0.15, 0.2) is 18.2 Å². The quantitative estimate of drug-likeness (QED) is 0.843. The molecule has 1 aromatic rings. The molecule has 1 aromatic carbocycles. The first kappa shape index (κ1) is 15.5. The fourth-order valence-electron chi connectivity index (χ4n) is 1.92. The molecule has 0 radical (unpaired) electrons. The number of nitrogens with one attached hydrogen (secondary N) is 1. The van der Waals surface area contributed by atoms with Crippen LogP contribution in [0.25, 0.3) is 0 Å². The van der Waals surface area contributed by atoms with Crippen molar-refractivity contribution >= 4 is 11.6 Å². The molecular formula is C15H23ClFN. The first-order chi connectivity index (χ1) is 8.20.